The Kier molecular flexibility index (Phi) is 3.75. The molecule has 0 aromatic carbocycles. The Morgan fingerprint density at radius 1 is 1.53 bits per heavy atom. The zero-order chi connectivity index (χ0) is 14.2. The van der Waals surface area contributed by atoms with Crippen LogP contribution >= 0.6 is 11.3 Å². The summed E-state index contributed by atoms with van der Waals surface area (Å²) in [5.41, 5.74) is 5.97. The van der Waals surface area contributed by atoms with Crippen LogP contribution in [0, 0.1) is 5.92 Å². The van der Waals surface area contributed by atoms with E-state index in [0.29, 0.717) is 17.2 Å². The molecule has 7 heteroatoms. The second-order valence-corrected chi connectivity index (χ2v) is 6.11. The van der Waals surface area contributed by atoms with E-state index in [4.69, 9.17) is 10.8 Å². The first kappa shape index (κ1) is 13.8. The van der Waals surface area contributed by atoms with Gasteiger partial charge in [-0.1, -0.05) is 13.8 Å². The van der Waals surface area contributed by atoms with Gasteiger partial charge in [-0.05, 0) is 18.8 Å². The molecule has 0 aliphatic heterocycles. The molecule has 1 amide bonds. The number of aromatic nitrogens is 1. The Balaban J connectivity index is 2.18. The van der Waals surface area contributed by atoms with Gasteiger partial charge < -0.3 is 16.2 Å². The van der Waals surface area contributed by atoms with Crippen molar-refractivity contribution in [2.45, 2.75) is 38.6 Å². The molecule has 104 valence electrons. The number of carboxylic acids is 1. The number of nitrogens with one attached hydrogen (secondary N) is 1. The van der Waals surface area contributed by atoms with E-state index in [1.807, 2.05) is 13.8 Å². The van der Waals surface area contributed by atoms with Gasteiger partial charge in [0.15, 0.2) is 5.13 Å². The summed E-state index contributed by atoms with van der Waals surface area (Å²) in [6.07, 6.45) is 1.34. The number of fused-ring (bicyclic) bond motifs is 1. The van der Waals surface area contributed by atoms with Crippen molar-refractivity contribution in [2.24, 2.45) is 11.7 Å². The molecule has 0 fully saturated rings. The Hall–Kier alpha value is -1.63. The van der Waals surface area contributed by atoms with Crippen LogP contribution in [-0.2, 0) is 16.0 Å². The quantitative estimate of drug-likeness (QED) is 0.752. The van der Waals surface area contributed by atoms with Crippen LogP contribution in [0.1, 0.15) is 36.8 Å². The maximum absolute atomic E-state index is 11.3. The van der Waals surface area contributed by atoms with Crippen molar-refractivity contribution in [1.82, 2.24) is 4.98 Å². The predicted octanol–water partition coefficient (Wildman–Crippen LogP) is 1.18. The Morgan fingerprint density at radius 3 is 2.74 bits per heavy atom. The second kappa shape index (κ2) is 5.16. The normalized spacial score (nSPS) is 19.2. The molecule has 2 atom stereocenters. The maximum atomic E-state index is 11.3. The summed E-state index contributed by atoms with van der Waals surface area (Å²) < 4.78 is 0. The summed E-state index contributed by atoms with van der Waals surface area (Å²) in [7, 11) is 0. The van der Waals surface area contributed by atoms with Gasteiger partial charge in [-0.25, -0.2) is 4.98 Å². The van der Waals surface area contributed by atoms with E-state index in [1.54, 1.807) is 0 Å². The first-order valence-electron chi connectivity index (χ1n) is 6.18. The number of nitrogens with zero attached hydrogens (tertiary/aromatic N) is 1. The lowest BCUT2D eigenvalue weighted by Crippen LogP contribution is -2.39. The molecular weight excluding hydrogens is 266 g/mol. The van der Waals surface area contributed by atoms with E-state index in [0.717, 1.165) is 11.3 Å². The molecule has 19 heavy (non-hydrogen) atoms. The minimum absolute atomic E-state index is 0.0477. The predicted molar refractivity (Wildman–Crippen MR) is 72.3 cm³/mol. The summed E-state index contributed by atoms with van der Waals surface area (Å²) in [4.78, 5) is 27.7. The van der Waals surface area contributed by atoms with E-state index in [-0.39, 0.29) is 5.92 Å². The fraction of sp³-hybridized carbons (Fsp3) is 0.583. The van der Waals surface area contributed by atoms with Gasteiger partial charge in [-0.2, -0.15) is 0 Å². The fourth-order valence-corrected chi connectivity index (χ4v) is 3.30. The second-order valence-electron chi connectivity index (χ2n) is 5.03. The van der Waals surface area contributed by atoms with Gasteiger partial charge in [0.05, 0.1) is 5.69 Å². The lowest BCUT2D eigenvalue weighted by molar-refractivity contribution is -0.138. The number of hydrogen-bond acceptors (Lipinski definition) is 5. The van der Waals surface area contributed by atoms with Gasteiger partial charge in [-0.15, -0.1) is 11.3 Å². The number of primary amides is 1. The highest BCUT2D eigenvalue weighted by atomic mass is 32.1. The Labute approximate surface area is 115 Å². The molecule has 0 bridgehead atoms. The molecule has 1 aliphatic carbocycles. The number of carbonyl (C=O) groups excluding carboxylic acids is 1. The molecule has 0 spiro atoms. The number of thiazole rings is 1. The van der Waals surface area contributed by atoms with E-state index < -0.39 is 23.8 Å². The number of carboxylic acid groups (broad SMARTS) is 1. The number of aryl methyl sites for hydroxylation is 1. The highest BCUT2D eigenvalue weighted by Crippen LogP contribution is 2.38. The first-order chi connectivity index (χ1) is 8.90. The van der Waals surface area contributed by atoms with E-state index in [2.05, 4.69) is 10.3 Å². The lowest BCUT2D eigenvalue weighted by atomic mass is 10.0. The molecule has 0 saturated heterocycles. The van der Waals surface area contributed by atoms with E-state index in [9.17, 15) is 9.59 Å². The van der Waals surface area contributed by atoms with Crippen molar-refractivity contribution < 1.29 is 14.7 Å². The van der Waals surface area contributed by atoms with Gasteiger partial charge in [0, 0.05) is 4.88 Å². The minimum Gasteiger partial charge on any atom is -0.481 e. The van der Waals surface area contributed by atoms with Crippen LogP contribution in [0.3, 0.4) is 0 Å². The molecule has 1 aliphatic rings. The molecule has 4 N–H and O–H groups in total. The van der Waals surface area contributed by atoms with Crippen molar-refractivity contribution in [1.29, 1.82) is 0 Å². The van der Waals surface area contributed by atoms with Gasteiger partial charge in [-0.3, -0.25) is 9.59 Å². The van der Waals surface area contributed by atoms with Crippen LogP contribution in [0.25, 0.3) is 0 Å². The number of carbonyl (C=O) groups is 2. The zero-order valence-corrected chi connectivity index (χ0v) is 11.7. The smallest absolute Gasteiger partial charge is 0.312 e. The average Bonchev–Trinajstić information content (AvgIpc) is 2.82. The fourth-order valence-electron chi connectivity index (χ4n) is 2.23. The SMILES string of the molecule is CC(C)C(Nc1nc2c(s1)CCC2C(=O)O)C(N)=O. The number of rotatable bonds is 5. The standard InChI is InChI=1S/C12H17N3O3S/c1-5(2)8(10(13)16)14-12-15-9-6(11(17)18)3-4-7(9)19-12/h5-6,8H,3-4H2,1-2H3,(H2,13,16)(H,14,15)(H,17,18). The van der Waals surface area contributed by atoms with Crippen LogP contribution in [0.2, 0.25) is 0 Å². The third kappa shape index (κ3) is 2.70. The average molecular weight is 283 g/mol. The topological polar surface area (TPSA) is 105 Å². The molecule has 1 heterocycles. The first-order valence-corrected chi connectivity index (χ1v) is 7.00. The molecule has 2 rings (SSSR count). The summed E-state index contributed by atoms with van der Waals surface area (Å²) >= 11 is 1.41. The van der Waals surface area contributed by atoms with Crippen molar-refractivity contribution in [2.75, 3.05) is 5.32 Å². The van der Waals surface area contributed by atoms with E-state index in [1.165, 1.54) is 11.3 Å². The summed E-state index contributed by atoms with van der Waals surface area (Å²) in [6, 6.07) is -0.491. The highest BCUT2D eigenvalue weighted by molar-refractivity contribution is 7.15. The molecule has 1 aromatic rings. The summed E-state index contributed by atoms with van der Waals surface area (Å²) in [5.74, 6) is -1.74. The monoisotopic (exact) mass is 283 g/mol. The minimum atomic E-state index is -0.842. The Morgan fingerprint density at radius 2 is 2.21 bits per heavy atom. The number of aliphatic carboxylic acids is 1. The third-order valence-electron chi connectivity index (χ3n) is 3.27. The number of amides is 1. The molecule has 6 nitrogen and oxygen atoms in total. The largest absolute Gasteiger partial charge is 0.481 e. The third-order valence-corrected chi connectivity index (χ3v) is 4.33. The van der Waals surface area contributed by atoms with Crippen LogP contribution in [-0.4, -0.2) is 28.0 Å². The summed E-state index contributed by atoms with van der Waals surface area (Å²) in [6.45, 7) is 3.79. The number of anilines is 1. The molecular formula is C12H17N3O3S. The van der Waals surface area contributed by atoms with Crippen LogP contribution < -0.4 is 11.1 Å². The van der Waals surface area contributed by atoms with Gasteiger partial charge in [0.25, 0.3) is 0 Å². The summed E-state index contributed by atoms with van der Waals surface area (Å²) in [5, 5.41) is 12.7. The molecule has 0 radical (unpaired) electrons. The van der Waals surface area contributed by atoms with Crippen molar-refractivity contribution in [3.05, 3.63) is 10.6 Å². The molecule has 1 aromatic heterocycles. The Bertz CT molecular complexity index is 512. The maximum Gasteiger partial charge on any atom is 0.312 e. The van der Waals surface area contributed by atoms with Gasteiger partial charge >= 0.3 is 5.97 Å². The highest BCUT2D eigenvalue weighted by Gasteiger charge is 2.33. The molecule has 0 saturated carbocycles. The van der Waals surface area contributed by atoms with Gasteiger partial charge in [0.2, 0.25) is 5.91 Å². The lowest BCUT2D eigenvalue weighted by Gasteiger charge is -2.18. The van der Waals surface area contributed by atoms with Crippen LogP contribution in [0.15, 0.2) is 0 Å². The number of nitrogens with two attached hydrogens (primary N) is 1. The van der Waals surface area contributed by atoms with Gasteiger partial charge in [0.1, 0.15) is 12.0 Å². The molecule has 2 unspecified atom stereocenters. The van der Waals surface area contributed by atoms with Crippen LogP contribution in [0.4, 0.5) is 5.13 Å². The van der Waals surface area contributed by atoms with Crippen molar-refractivity contribution in [3.8, 4) is 0 Å². The van der Waals surface area contributed by atoms with E-state index >= 15 is 0 Å². The number of hydrogen-bond donors (Lipinski definition) is 3. The van der Waals surface area contributed by atoms with Crippen LogP contribution in [0.5, 0.6) is 0 Å². The van der Waals surface area contributed by atoms with Crippen molar-refractivity contribution in [3.63, 3.8) is 0 Å². The van der Waals surface area contributed by atoms with Crippen molar-refractivity contribution >= 4 is 28.3 Å². The zero-order valence-electron chi connectivity index (χ0n) is 10.8.